The molecule has 0 saturated carbocycles. The van der Waals surface area contributed by atoms with Gasteiger partial charge in [0.05, 0.1) is 13.3 Å². The number of hydrogen-bond donors (Lipinski definition) is 2. The number of aryl methyl sites for hydroxylation is 1. The first-order chi connectivity index (χ1) is 9.69. The zero-order chi connectivity index (χ0) is 14.4. The van der Waals surface area contributed by atoms with E-state index in [1.54, 1.807) is 31.1 Å². The maximum absolute atomic E-state index is 11.7. The largest absolute Gasteiger partial charge is 0.497 e. The molecule has 1 aromatic heterocycles. The van der Waals surface area contributed by atoms with Crippen LogP contribution in [0, 0.1) is 0 Å². The number of carbonyl (C=O) groups excluding carboxylic acids is 1. The van der Waals surface area contributed by atoms with Crippen molar-refractivity contribution in [2.24, 2.45) is 7.05 Å². The van der Waals surface area contributed by atoms with Crippen molar-refractivity contribution in [3.05, 3.63) is 42.1 Å². The Balaban J connectivity index is 1.78. The molecular formula is C14H18N4O2. The molecule has 0 aliphatic carbocycles. The summed E-state index contributed by atoms with van der Waals surface area (Å²) in [6, 6.07) is 9.29. The van der Waals surface area contributed by atoms with E-state index >= 15 is 0 Å². The maximum Gasteiger partial charge on any atom is 0.320 e. The highest BCUT2D eigenvalue weighted by molar-refractivity contribution is 5.88. The molecule has 0 saturated heterocycles. The Morgan fingerprint density at radius 3 is 2.95 bits per heavy atom. The Hall–Kier alpha value is -2.50. The van der Waals surface area contributed by atoms with Crippen molar-refractivity contribution in [3.63, 3.8) is 0 Å². The van der Waals surface area contributed by atoms with Gasteiger partial charge in [0.2, 0.25) is 0 Å². The minimum absolute atomic E-state index is 0.239. The first-order valence-electron chi connectivity index (χ1n) is 6.35. The van der Waals surface area contributed by atoms with Gasteiger partial charge in [-0.15, -0.1) is 0 Å². The summed E-state index contributed by atoms with van der Waals surface area (Å²) in [7, 11) is 3.41. The molecule has 0 spiro atoms. The molecule has 106 valence electrons. The summed E-state index contributed by atoms with van der Waals surface area (Å²) in [5.74, 6) is 1.48. The van der Waals surface area contributed by atoms with Crippen LogP contribution in [0.25, 0.3) is 0 Å². The van der Waals surface area contributed by atoms with Crippen LogP contribution >= 0.6 is 0 Å². The van der Waals surface area contributed by atoms with Gasteiger partial charge in [0.15, 0.2) is 0 Å². The maximum atomic E-state index is 11.7. The predicted octanol–water partition coefficient (Wildman–Crippen LogP) is 1.79. The van der Waals surface area contributed by atoms with E-state index < -0.39 is 0 Å². The number of hydrogen-bond acceptors (Lipinski definition) is 3. The number of anilines is 1. The fraction of sp³-hybridized carbons (Fsp3) is 0.286. The van der Waals surface area contributed by atoms with Crippen LogP contribution < -0.4 is 15.4 Å². The molecule has 0 atom stereocenters. The third kappa shape index (κ3) is 3.74. The molecule has 0 unspecified atom stereocenters. The highest BCUT2D eigenvalue weighted by Gasteiger charge is 2.04. The van der Waals surface area contributed by atoms with E-state index in [2.05, 4.69) is 15.7 Å². The molecule has 2 rings (SSSR count). The van der Waals surface area contributed by atoms with Crippen LogP contribution in [0.2, 0.25) is 0 Å². The molecule has 0 radical (unpaired) electrons. The normalized spacial score (nSPS) is 10.1. The summed E-state index contributed by atoms with van der Waals surface area (Å²) >= 11 is 0. The minimum Gasteiger partial charge on any atom is -0.497 e. The topological polar surface area (TPSA) is 68.2 Å². The number of amides is 2. The van der Waals surface area contributed by atoms with E-state index in [0.717, 1.165) is 17.7 Å². The van der Waals surface area contributed by atoms with Crippen molar-refractivity contribution < 1.29 is 9.53 Å². The van der Waals surface area contributed by atoms with Crippen molar-refractivity contribution in [1.82, 2.24) is 15.1 Å². The van der Waals surface area contributed by atoms with Crippen molar-refractivity contribution in [2.75, 3.05) is 19.0 Å². The summed E-state index contributed by atoms with van der Waals surface area (Å²) in [6.07, 6.45) is 2.38. The van der Waals surface area contributed by atoms with Crippen LogP contribution in [-0.2, 0) is 13.5 Å². The van der Waals surface area contributed by atoms with Gasteiger partial charge in [0.1, 0.15) is 11.6 Å². The van der Waals surface area contributed by atoms with Gasteiger partial charge < -0.3 is 10.1 Å². The lowest BCUT2D eigenvalue weighted by molar-refractivity contribution is 0.252. The van der Waals surface area contributed by atoms with Crippen molar-refractivity contribution in [1.29, 1.82) is 0 Å². The zero-order valence-electron chi connectivity index (χ0n) is 11.6. The first kappa shape index (κ1) is 13.9. The standard InChI is InChI=1S/C14H18N4O2/c1-18-13(7-9-16-18)17-14(19)15-8-6-11-4-3-5-12(10-11)20-2/h3-5,7,9-10H,6,8H2,1-2H3,(H2,15,17,19). The number of urea groups is 1. The number of methoxy groups -OCH3 is 1. The molecule has 2 amide bonds. The Morgan fingerprint density at radius 1 is 1.40 bits per heavy atom. The van der Waals surface area contributed by atoms with Crippen LogP contribution in [0.5, 0.6) is 5.75 Å². The highest BCUT2D eigenvalue weighted by atomic mass is 16.5. The molecule has 0 fully saturated rings. The summed E-state index contributed by atoms with van der Waals surface area (Å²) < 4.78 is 6.76. The van der Waals surface area contributed by atoms with Gasteiger partial charge in [-0.25, -0.2) is 4.79 Å². The quantitative estimate of drug-likeness (QED) is 0.873. The minimum atomic E-state index is -0.239. The van der Waals surface area contributed by atoms with Crippen molar-refractivity contribution in [3.8, 4) is 5.75 Å². The fourth-order valence-electron chi connectivity index (χ4n) is 1.81. The number of aromatic nitrogens is 2. The van der Waals surface area contributed by atoms with Gasteiger partial charge in [-0.1, -0.05) is 12.1 Å². The average Bonchev–Trinajstić information content (AvgIpc) is 2.84. The van der Waals surface area contributed by atoms with E-state index in [1.807, 2.05) is 24.3 Å². The van der Waals surface area contributed by atoms with Crippen molar-refractivity contribution in [2.45, 2.75) is 6.42 Å². The Labute approximate surface area is 117 Å². The highest BCUT2D eigenvalue weighted by Crippen LogP contribution is 2.12. The molecular weight excluding hydrogens is 256 g/mol. The van der Waals surface area contributed by atoms with E-state index in [0.29, 0.717) is 12.4 Å². The lowest BCUT2D eigenvalue weighted by Crippen LogP contribution is -2.31. The van der Waals surface area contributed by atoms with E-state index in [-0.39, 0.29) is 6.03 Å². The zero-order valence-corrected chi connectivity index (χ0v) is 11.6. The van der Waals surface area contributed by atoms with E-state index in [4.69, 9.17) is 4.74 Å². The second kappa shape index (κ2) is 6.60. The summed E-state index contributed by atoms with van der Waals surface area (Å²) in [4.78, 5) is 11.7. The van der Waals surface area contributed by atoms with Gasteiger partial charge in [-0.3, -0.25) is 10.00 Å². The Bertz CT molecular complexity index is 580. The summed E-state index contributed by atoms with van der Waals surface area (Å²) in [5.41, 5.74) is 1.12. The van der Waals surface area contributed by atoms with Crippen LogP contribution in [0.3, 0.4) is 0 Å². The Morgan fingerprint density at radius 2 is 2.25 bits per heavy atom. The van der Waals surface area contributed by atoms with Crippen LogP contribution in [-0.4, -0.2) is 29.5 Å². The molecule has 6 heteroatoms. The van der Waals surface area contributed by atoms with Gasteiger partial charge in [-0.05, 0) is 24.1 Å². The molecule has 1 heterocycles. The van der Waals surface area contributed by atoms with Crippen molar-refractivity contribution >= 4 is 11.8 Å². The molecule has 2 N–H and O–H groups in total. The molecule has 0 bridgehead atoms. The number of ether oxygens (including phenoxy) is 1. The number of carbonyl (C=O) groups is 1. The lowest BCUT2D eigenvalue weighted by Gasteiger charge is -2.08. The fourth-order valence-corrected chi connectivity index (χ4v) is 1.81. The second-order valence-corrected chi connectivity index (χ2v) is 4.32. The number of benzene rings is 1. The van der Waals surface area contributed by atoms with Gasteiger partial charge >= 0.3 is 6.03 Å². The first-order valence-corrected chi connectivity index (χ1v) is 6.35. The smallest absolute Gasteiger partial charge is 0.320 e. The third-order valence-corrected chi connectivity index (χ3v) is 2.90. The van der Waals surface area contributed by atoms with Gasteiger partial charge in [-0.2, -0.15) is 5.10 Å². The van der Waals surface area contributed by atoms with Gasteiger partial charge in [0, 0.05) is 19.7 Å². The van der Waals surface area contributed by atoms with Gasteiger partial charge in [0.25, 0.3) is 0 Å². The predicted molar refractivity (Wildman–Crippen MR) is 76.9 cm³/mol. The summed E-state index contributed by atoms with van der Waals surface area (Å²) in [6.45, 7) is 0.552. The molecule has 0 aliphatic rings. The Kier molecular flexibility index (Phi) is 4.60. The lowest BCUT2D eigenvalue weighted by atomic mass is 10.1. The number of nitrogens with one attached hydrogen (secondary N) is 2. The monoisotopic (exact) mass is 274 g/mol. The third-order valence-electron chi connectivity index (χ3n) is 2.90. The van der Waals surface area contributed by atoms with Crippen LogP contribution in [0.4, 0.5) is 10.6 Å². The molecule has 0 aliphatic heterocycles. The molecule has 1 aromatic carbocycles. The SMILES string of the molecule is COc1cccc(CCNC(=O)Nc2ccnn2C)c1. The van der Waals surface area contributed by atoms with Crippen LogP contribution in [0.1, 0.15) is 5.56 Å². The van der Waals surface area contributed by atoms with E-state index in [9.17, 15) is 4.79 Å². The number of nitrogens with zero attached hydrogens (tertiary/aromatic N) is 2. The van der Waals surface area contributed by atoms with Crippen LogP contribution in [0.15, 0.2) is 36.5 Å². The molecule has 20 heavy (non-hydrogen) atoms. The van der Waals surface area contributed by atoms with E-state index in [1.165, 1.54) is 0 Å². The second-order valence-electron chi connectivity index (χ2n) is 4.32. The summed E-state index contributed by atoms with van der Waals surface area (Å²) in [5, 5.41) is 9.50. The number of rotatable bonds is 5. The molecule has 6 nitrogen and oxygen atoms in total. The molecule has 2 aromatic rings. The average molecular weight is 274 g/mol.